The molecule has 0 radical (unpaired) electrons. The van der Waals surface area contributed by atoms with Crippen LogP contribution in [0.2, 0.25) is 0 Å². The maximum atomic E-state index is 13.5. The van der Waals surface area contributed by atoms with Crippen LogP contribution in [0.4, 0.5) is 4.39 Å². The van der Waals surface area contributed by atoms with Crippen molar-refractivity contribution in [3.8, 4) is 0 Å². The molecule has 106 valence electrons. The van der Waals surface area contributed by atoms with E-state index in [-0.39, 0.29) is 5.82 Å². The van der Waals surface area contributed by atoms with Crippen LogP contribution >= 0.6 is 0 Å². The van der Waals surface area contributed by atoms with Gasteiger partial charge in [0.05, 0.1) is 19.3 Å². The number of ether oxygens (including phenoxy) is 1. The van der Waals surface area contributed by atoms with Crippen molar-refractivity contribution in [2.24, 2.45) is 0 Å². The summed E-state index contributed by atoms with van der Waals surface area (Å²) in [5, 5.41) is 10.1. The second-order valence-electron chi connectivity index (χ2n) is 5.27. The van der Waals surface area contributed by atoms with Gasteiger partial charge in [-0.1, -0.05) is 12.1 Å². The zero-order chi connectivity index (χ0) is 13.8. The fourth-order valence-electron chi connectivity index (χ4n) is 2.36. The van der Waals surface area contributed by atoms with Gasteiger partial charge in [-0.3, -0.25) is 4.90 Å². The van der Waals surface area contributed by atoms with Crippen LogP contribution in [-0.4, -0.2) is 42.4 Å². The molecule has 1 saturated heterocycles. The van der Waals surface area contributed by atoms with Gasteiger partial charge in [0.1, 0.15) is 5.82 Å². The second-order valence-corrected chi connectivity index (χ2v) is 5.27. The Labute approximate surface area is 114 Å². The molecule has 2 atom stereocenters. The van der Waals surface area contributed by atoms with Gasteiger partial charge in [-0.05, 0) is 37.5 Å². The number of nitrogens with zero attached hydrogens (tertiary/aromatic N) is 1. The molecule has 0 bridgehead atoms. The molecule has 0 aromatic heterocycles. The van der Waals surface area contributed by atoms with Gasteiger partial charge >= 0.3 is 0 Å². The Bertz CT molecular complexity index is 425. The highest BCUT2D eigenvalue weighted by molar-refractivity contribution is 5.24. The van der Waals surface area contributed by atoms with Gasteiger partial charge in [0, 0.05) is 19.1 Å². The largest absolute Gasteiger partial charge is 0.388 e. The van der Waals surface area contributed by atoms with E-state index in [0.717, 1.165) is 26.3 Å². The molecule has 1 fully saturated rings. The summed E-state index contributed by atoms with van der Waals surface area (Å²) in [6, 6.07) is 5.33. The normalized spacial score (nSPS) is 22.4. The first-order valence-corrected chi connectivity index (χ1v) is 6.84. The number of rotatable bonds is 4. The van der Waals surface area contributed by atoms with Crippen LogP contribution in [0.5, 0.6) is 0 Å². The molecule has 1 aliphatic heterocycles. The molecule has 1 aromatic rings. The third-order valence-electron chi connectivity index (χ3n) is 3.78. The van der Waals surface area contributed by atoms with Gasteiger partial charge in [0.2, 0.25) is 0 Å². The van der Waals surface area contributed by atoms with E-state index in [1.165, 1.54) is 6.07 Å². The highest BCUT2D eigenvalue weighted by atomic mass is 19.1. The predicted molar refractivity (Wildman–Crippen MR) is 72.6 cm³/mol. The zero-order valence-corrected chi connectivity index (χ0v) is 11.6. The summed E-state index contributed by atoms with van der Waals surface area (Å²) in [4.78, 5) is 2.30. The smallest absolute Gasteiger partial charge is 0.126 e. The van der Waals surface area contributed by atoms with Crippen LogP contribution < -0.4 is 0 Å². The molecule has 1 aliphatic rings. The van der Waals surface area contributed by atoms with Crippen LogP contribution in [0.1, 0.15) is 30.6 Å². The fraction of sp³-hybridized carbons (Fsp3) is 0.600. The molecule has 0 saturated carbocycles. The number of hydrogen-bond acceptors (Lipinski definition) is 3. The fourth-order valence-corrected chi connectivity index (χ4v) is 2.36. The molecule has 19 heavy (non-hydrogen) atoms. The van der Waals surface area contributed by atoms with Crippen molar-refractivity contribution in [3.05, 3.63) is 35.1 Å². The maximum absolute atomic E-state index is 13.5. The average Bonchev–Trinajstić information content (AvgIpc) is 2.40. The molecule has 2 rings (SSSR count). The number of aliphatic hydroxyl groups is 1. The number of benzene rings is 1. The Kier molecular flexibility index (Phi) is 4.91. The van der Waals surface area contributed by atoms with Crippen LogP contribution in [0.3, 0.4) is 0 Å². The highest BCUT2D eigenvalue weighted by Gasteiger charge is 2.19. The lowest BCUT2D eigenvalue weighted by atomic mass is 10.0. The first-order chi connectivity index (χ1) is 9.08. The van der Waals surface area contributed by atoms with Gasteiger partial charge in [-0.25, -0.2) is 4.39 Å². The second kappa shape index (κ2) is 6.46. The first-order valence-electron chi connectivity index (χ1n) is 6.84. The molecule has 1 aromatic carbocycles. The SMILES string of the molecule is Cc1ccc(C(O)CCN2CCOCC2C)cc1F. The lowest BCUT2D eigenvalue weighted by Crippen LogP contribution is -2.44. The number of halogens is 1. The summed E-state index contributed by atoms with van der Waals surface area (Å²) in [5.41, 5.74) is 1.27. The molecule has 0 spiro atoms. The lowest BCUT2D eigenvalue weighted by Gasteiger charge is -2.33. The summed E-state index contributed by atoms with van der Waals surface area (Å²) >= 11 is 0. The lowest BCUT2D eigenvalue weighted by molar-refractivity contribution is -0.00640. The van der Waals surface area contributed by atoms with Crippen molar-refractivity contribution in [2.45, 2.75) is 32.4 Å². The molecule has 2 unspecified atom stereocenters. The van der Waals surface area contributed by atoms with E-state index in [4.69, 9.17) is 4.74 Å². The summed E-state index contributed by atoms with van der Waals surface area (Å²) < 4.78 is 18.8. The Morgan fingerprint density at radius 1 is 1.53 bits per heavy atom. The van der Waals surface area contributed by atoms with Crippen molar-refractivity contribution in [2.75, 3.05) is 26.3 Å². The third kappa shape index (κ3) is 3.75. The number of aryl methyl sites for hydroxylation is 1. The topological polar surface area (TPSA) is 32.7 Å². The summed E-state index contributed by atoms with van der Waals surface area (Å²) in [5.74, 6) is -0.253. The standard InChI is InChI=1S/C15H22FNO2/c1-11-3-4-13(9-14(11)16)15(18)5-6-17-7-8-19-10-12(17)2/h3-4,9,12,15,18H,5-8,10H2,1-2H3. The molecular formula is C15H22FNO2. The van der Waals surface area contributed by atoms with Crippen molar-refractivity contribution >= 4 is 0 Å². The van der Waals surface area contributed by atoms with Crippen molar-refractivity contribution in [3.63, 3.8) is 0 Å². The van der Waals surface area contributed by atoms with Crippen LogP contribution in [0, 0.1) is 12.7 Å². The third-order valence-corrected chi connectivity index (χ3v) is 3.78. The van der Waals surface area contributed by atoms with Gasteiger partial charge in [0.25, 0.3) is 0 Å². The molecular weight excluding hydrogens is 245 g/mol. The van der Waals surface area contributed by atoms with Crippen molar-refractivity contribution in [1.29, 1.82) is 0 Å². The Hall–Kier alpha value is -0.970. The monoisotopic (exact) mass is 267 g/mol. The minimum atomic E-state index is -0.606. The van der Waals surface area contributed by atoms with Gasteiger partial charge in [0.15, 0.2) is 0 Å². The van der Waals surface area contributed by atoms with Gasteiger partial charge in [-0.2, -0.15) is 0 Å². The molecule has 3 nitrogen and oxygen atoms in total. The van der Waals surface area contributed by atoms with Crippen molar-refractivity contribution in [1.82, 2.24) is 4.90 Å². The Balaban J connectivity index is 1.89. The van der Waals surface area contributed by atoms with Crippen LogP contribution in [0.25, 0.3) is 0 Å². The molecule has 0 amide bonds. The Morgan fingerprint density at radius 2 is 2.32 bits per heavy atom. The van der Waals surface area contributed by atoms with Crippen LogP contribution in [0.15, 0.2) is 18.2 Å². The Morgan fingerprint density at radius 3 is 3.00 bits per heavy atom. The summed E-state index contributed by atoms with van der Waals surface area (Å²) in [7, 11) is 0. The minimum absolute atomic E-state index is 0.253. The zero-order valence-electron chi connectivity index (χ0n) is 11.6. The summed E-state index contributed by atoms with van der Waals surface area (Å²) in [6.45, 7) is 7.05. The average molecular weight is 267 g/mol. The van der Waals surface area contributed by atoms with Gasteiger partial charge in [-0.15, -0.1) is 0 Å². The van der Waals surface area contributed by atoms with E-state index in [2.05, 4.69) is 11.8 Å². The summed E-state index contributed by atoms with van der Waals surface area (Å²) in [6.07, 6.45) is 0.0116. The first kappa shape index (κ1) is 14.4. The number of morpholine rings is 1. The van der Waals surface area contributed by atoms with E-state index in [9.17, 15) is 9.50 Å². The van der Waals surface area contributed by atoms with E-state index in [0.29, 0.717) is 23.6 Å². The van der Waals surface area contributed by atoms with Gasteiger partial charge < -0.3 is 9.84 Å². The van der Waals surface area contributed by atoms with Crippen LogP contribution in [-0.2, 0) is 4.74 Å². The highest BCUT2D eigenvalue weighted by Crippen LogP contribution is 2.20. The number of hydrogen-bond donors (Lipinski definition) is 1. The molecule has 1 N–H and O–H groups in total. The number of aliphatic hydroxyl groups excluding tert-OH is 1. The maximum Gasteiger partial charge on any atom is 0.126 e. The van der Waals surface area contributed by atoms with E-state index in [1.54, 1.807) is 19.1 Å². The molecule has 0 aliphatic carbocycles. The predicted octanol–water partition coefficient (Wildman–Crippen LogP) is 2.28. The van der Waals surface area contributed by atoms with E-state index >= 15 is 0 Å². The van der Waals surface area contributed by atoms with E-state index in [1.807, 2.05) is 0 Å². The van der Waals surface area contributed by atoms with E-state index < -0.39 is 6.10 Å². The minimum Gasteiger partial charge on any atom is -0.388 e. The van der Waals surface area contributed by atoms with Crippen molar-refractivity contribution < 1.29 is 14.2 Å². The quantitative estimate of drug-likeness (QED) is 0.908. The molecule has 1 heterocycles. The molecule has 4 heteroatoms.